The van der Waals surface area contributed by atoms with Gasteiger partial charge in [0.1, 0.15) is 12.6 Å². The first-order chi connectivity index (χ1) is 19.3. The summed E-state index contributed by atoms with van der Waals surface area (Å²) in [5.74, 6) is -0.526. The number of nitrogens with zero attached hydrogens (tertiary/aromatic N) is 2. The average Bonchev–Trinajstić information content (AvgIpc) is 2.92. The number of benzene rings is 3. The summed E-state index contributed by atoms with van der Waals surface area (Å²) in [7, 11) is -4.12. The monoisotopic (exact) mass is 597 g/mol. The van der Waals surface area contributed by atoms with Crippen molar-refractivity contribution in [1.29, 1.82) is 0 Å². The number of carbonyl (C=O) groups excluding carboxylic acids is 2. The number of nitrogens with one attached hydrogen (secondary N) is 1. The maximum atomic E-state index is 14.2. The van der Waals surface area contributed by atoms with E-state index < -0.39 is 28.5 Å². The highest BCUT2D eigenvalue weighted by Gasteiger charge is 2.34. The molecule has 1 N–H and O–H groups in total. The lowest BCUT2D eigenvalue weighted by Gasteiger charge is -2.33. The number of rotatable bonds is 12. The molecule has 0 aliphatic carbocycles. The van der Waals surface area contributed by atoms with Gasteiger partial charge in [0.05, 0.1) is 10.6 Å². The third-order valence-electron chi connectivity index (χ3n) is 6.85. The predicted molar refractivity (Wildman–Crippen MR) is 166 cm³/mol. The minimum atomic E-state index is -4.12. The summed E-state index contributed by atoms with van der Waals surface area (Å²) in [4.78, 5) is 29.0. The average molecular weight is 598 g/mol. The minimum absolute atomic E-state index is 0.0850. The van der Waals surface area contributed by atoms with E-state index in [-0.39, 0.29) is 23.3 Å². The Morgan fingerprint density at radius 1 is 0.902 bits per heavy atom. The van der Waals surface area contributed by atoms with E-state index in [0.717, 1.165) is 26.6 Å². The van der Waals surface area contributed by atoms with Crippen LogP contribution in [0.4, 0.5) is 5.69 Å². The summed E-state index contributed by atoms with van der Waals surface area (Å²) in [5, 5.41) is 3.49. The molecule has 2 amide bonds. The zero-order valence-corrected chi connectivity index (χ0v) is 26.2. The van der Waals surface area contributed by atoms with Crippen molar-refractivity contribution in [2.45, 2.75) is 65.4 Å². The molecule has 3 rings (SSSR count). The van der Waals surface area contributed by atoms with Crippen LogP contribution in [0.3, 0.4) is 0 Å². The topological polar surface area (TPSA) is 86.8 Å². The first kappa shape index (κ1) is 32.2. The highest BCUT2D eigenvalue weighted by atomic mass is 35.5. The molecule has 0 fully saturated rings. The summed E-state index contributed by atoms with van der Waals surface area (Å²) < 4.78 is 29.2. The van der Waals surface area contributed by atoms with Crippen LogP contribution < -0.4 is 9.62 Å². The lowest BCUT2D eigenvalue weighted by molar-refractivity contribution is -0.140. The first-order valence-electron chi connectivity index (χ1n) is 13.8. The lowest BCUT2D eigenvalue weighted by Crippen LogP contribution is -2.52. The molecule has 7 nitrogen and oxygen atoms in total. The van der Waals surface area contributed by atoms with Crippen molar-refractivity contribution in [1.82, 2.24) is 10.2 Å². The van der Waals surface area contributed by atoms with Gasteiger partial charge in [-0.05, 0) is 74.6 Å². The molecule has 0 spiro atoms. The van der Waals surface area contributed by atoms with E-state index in [2.05, 4.69) is 5.32 Å². The SMILES string of the molecule is CCC(C(=O)NCC(C)C)N(Cc1ccc(Cl)cc1)C(=O)CN(c1ccc(C)cc1C)S(=O)(=O)c1ccc(C)cc1. The van der Waals surface area contributed by atoms with Gasteiger partial charge in [0.2, 0.25) is 11.8 Å². The van der Waals surface area contributed by atoms with Crippen LogP contribution in [0.2, 0.25) is 5.02 Å². The van der Waals surface area contributed by atoms with Gasteiger partial charge in [-0.1, -0.05) is 79.9 Å². The van der Waals surface area contributed by atoms with Crippen LogP contribution in [0, 0.1) is 26.7 Å². The third kappa shape index (κ3) is 8.33. The third-order valence-corrected chi connectivity index (χ3v) is 8.87. The van der Waals surface area contributed by atoms with Gasteiger partial charge in [0, 0.05) is 18.1 Å². The maximum Gasteiger partial charge on any atom is 0.264 e. The standard InChI is InChI=1S/C32H40ClN3O4S/c1-7-29(32(38)34-19-22(2)3)35(20-26-11-13-27(33)14-12-26)31(37)21-36(30-17-10-24(5)18-25(30)6)41(39,40)28-15-8-23(4)9-16-28/h8-18,22,29H,7,19-21H2,1-6H3,(H,34,38). The van der Waals surface area contributed by atoms with Crippen LogP contribution in [0.15, 0.2) is 71.6 Å². The van der Waals surface area contributed by atoms with Crippen LogP contribution in [0.25, 0.3) is 0 Å². The number of carbonyl (C=O) groups is 2. The molecule has 220 valence electrons. The molecule has 1 atom stereocenters. The van der Waals surface area contributed by atoms with E-state index in [1.807, 2.05) is 53.7 Å². The number of anilines is 1. The maximum absolute atomic E-state index is 14.2. The zero-order chi connectivity index (χ0) is 30.3. The van der Waals surface area contributed by atoms with E-state index in [1.54, 1.807) is 54.6 Å². The Kier molecular flexibility index (Phi) is 11.0. The Balaban J connectivity index is 2.07. The molecular formula is C32H40ClN3O4S. The molecule has 0 radical (unpaired) electrons. The van der Waals surface area contributed by atoms with Crippen molar-refractivity contribution in [3.05, 3.63) is 94.0 Å². The Morgan fingerprint density at radius 3 is 2.07 bits per heavy atom. The summed E-state index contributed by atoms with van der Waals surface area (Å²) in [6, 6.07) is 18.2. The van der Waals surface area contributed by atoms with Crippen molar-refractivity contribution in [3.63, 3.8) is 0 Å². The molecule has 0 aliphatic heterocycles. The second-order valence-corrected chi connectivity index (χ2v) is 13.1. The van der Waals surface area contributed by atoms with E-state index in [9.17, 15) is 18.0 Å². The van der Waals surface area contributed by atoms with Crippen molar-refractivity contribution in [2.75, 3.05) is 17.4 Å². The summed E-state index contributed by atoms with van der Waals surface area (Å²) in [6.45, 7) is 11.6. The molecular weight excluding hydrogens is 558 g/mol. The van der Waals surface area contributed by atoms with Crippen LogP contribution in [0.1, 0.15) is 49.4 Å². The molecule has 0 saturated carbocycles. The molecule has 0 bridgehead atoms. The Hall–Kier alpha value is -3.36. The van der Waals surface area contributed by atoms with Crippen molar-refractivity contribution in [3.8, 4) is 0 Å². The van der Waals surface area contributed by atoms with E-state index >= 15 is 0 Å². The Labute approximate surface area is 249 Å². The molecule has 41 heavy (non-hydrogen) atoms. The van der Waals surface area contributed by atoms with Gasteiger partial charge in [0.15, 0.2) is 0 Å². The summed E-state index contributed by atoms with van der Waals surface area (Å²) in [6.07, 6.45) is 0.359. The molecule has 0 saturated heterocycles. The first-order valence-corrected chi connectivity index (χ1v) is 15.6. The molecule has 1 unspecified atom stereocenters. The normalized spacial score (nSPS) is 12.2. The van der Waals surface area contributed by atoms with Gasteiger partial charge in [0.25, 0.3) is 10.0 Å². The number of aryl methyl sites for hydroxylation is 3. The van der Waals surface area contributed by atoms with Gasteiger partial charge in [-0.3, -0.25) is 13.9 Å². The molecule has 9 heteroatoms. The molecule has 0 aromatic heterocycles. The molecule has 0 heterocycles. The molecule has 0 aliphatic rings. The summed E-state index contributed by atoms with van der Waals surface area (Å²) >= 11 is 6.08. The van der Waals surface area contributed by atoms with Crippen molar-refractivity contribution >= 4 is 39.1 Å². The Bertz CT molecular complexity index is 1460. The zero-order valence-electron chi connectivity index (χ0n) is 24.6. The van der Waals surface area contributed by atoms with Gasteiger partial charge in [-0.25, -0.2) is 8.42 Å². The number of halogens is 1. The van der Waals surface area contributed by atoms with E-state index in [0.29, 0.717) is 23.7 Å². The number of sulfonamides is 1. The quantitative estimate of drug-likeness (QED) is 0.276. The van der Waals surface area contributed by atoms with Gasteiger partial charge >= 0.3 is 0 Å². The van der Waals surface area contributed by atoms with E-state index in [4.69, 9.17) is 11.6 Å². The smallest absolute Gasteiger partial charge is 0.264 e. The largest absolute Gasteiger partial charge is 0.354 e. The van der Waals surface area contributed by atoms with Crippen LogP contribution in [0.5, 0.6) is 0 Å². The van der Waals surface area contributed by atoms with Crippen LogP contribution >= 0.6 is 11.6 Å². The lowest BCUT2D eigenvalue weighted by atomic mass is 10.1. The predicted octanol–water partition coefficient (Wildman–Crippen LogP) is 6.04. The van der Waals surface area contributed by atoms with Gasteiger partial charge in [-0.15, -0.1) is 0 Å². The van der Waals surface area contributed by atoms with Crippen molar-refractivity contribution < 1.29 is 18.0 Å². The van der Waals surface area contributed by atoms with Crippen LogP contribution in [-0.2, 0) is 26.2 Å². The van der Waals surface area contributed by atoms with Gasteiger partial charge in [-0.2, -0.15) is 0 Å². The number of hydrogen-bond donors (Lipinski definition) is 1. The fraction of sp³-hybridized carbons (Fsp3) is 0.375. The fourth-order valence-corrected chi connectivity index (χ4v) is 6.17. The Morgan fingerprint density at radius 2 is 1.51 bits per heavy atom. The minimum Gasteiger partial charge on any atom is -0.354 e. The van der Waals surface area contributed by atoms with Gasteiger partial charge < -0.3 is 10.2 Å². The van der Waals surface area contributed by atoms with Crippen LogP contribution in [-0.4, -0.2) is 44.3 Å². The highest BCUT2D eigenvalue weighted by molar-refractivity contribution is 7.92. The number of hydrogen-bond acceptors (Lipinski definition) is 4. The molecule has 3 aromatic rings. The van der Waals surface area contributed by atoms with E-state index in [1.165, 1.54) is 4.90 Å². The van der Waals surface area contributed by atoms with Crippen molar-refractivity contribution in [2.24, 2.45) is 5.92 Å². The second-order valence-electron chi connectivity index (χ2n) is 10.8. The summed E-state index contributed by atoms with van der Waals surface area (Å²) in [5.41, 5.74) is 3.80. The number of amides is 2. The fourth-order valence-electron chi connectivity index (χ4n) is 4.56. The second kappa shape index (κ2) is 14.0. The molecule has 3 aromatic carbocycles. The highest BCUT2D eigenvalue weighted by Crippen LogP contribution is 2.28.